The van der Waals surface area contributed by atoms with Crippen molar-refractivity contribution in [1.29, 1.82) is 0 Å². The standard InChI is InChI=1S/C16H16ClNO5S2/c1-11-14(17)7-4-8-15(11)25(22,23)18-16(19)13-6-3-5-12(9-13)10-24(2,20)21/h3-9H,10H2,1-2H3,(H,18,19). The second-order valence-electron chi connectivity index (χ2n) is 5.57. The number of carbonyl (C=O) groups excluding carboxylic acids is 1. The average molecular weight is 402 g/mol. The van der Waals surface area contributed by atoms with E-state index in [9.17, 15) is 21.6 Å². The van der Waals surface area contributed by atoms with Gasteiger partial charge >= 0.3 is 0 Å². The molecule has 9 heteroatoms. The minimum atomic E-state index is -4.11. The second kappa shape index (κ2) is 7.15. The quantitative estimate of drug-likeness (QED) is 0.829. The molecule has 0 aliphatic carbocycles. The van der Waals surface area contributed by atoms with E-state index in [0.29, 0.717) is 11.1 Å². The van der Waals surface area contributed by atoms with Crippen LogP contribution in [0.5, 0.6) is 0 Å². The molecule has 0 atom stereocenters. The van der Waals surface area contributed by atoms with E-state index in [0.717, 1.165) is 6.26 Å². The van der Waals surface area contributed by atoms with Crippen LogP contribution in [0.15, 0.2) is 47.4 Å². The Morgan fingerprint density at radius 1 is 1.08 bits per heavy atom. The fourth-order valence-electron chi connectivity index (χ4n) is 2.22. The molecular weight excluding hydrogens is 386 g/mol. The number of amides is 1. The number of rotatable bonds is 5. The molecule has 2 aromatic carbocycles. The lowest BCUT2D eigenvalue weighted by Crippen LogP contribution is -2.31. The predicted octanol–water partition coefficient (Wildman–Crippen LogP) is 2.31. The van der Waals surface area contributed by atoms with Gasteiger partial charge in [-0.25, -0.2) is 21.6 Å². The number of halogens is 1. The van der Waals surface area contributed by atoms with Gasteiger partial charge in [-0.3, -0.25) is 4.79 Å². The molecule has 0 heterocycles. The summed E-state index contributed by atoms with van der Waals surface area (Å²) in [7, 11) is -7.38. The Kier molecular flexibility index (Phi) is 5.55. The van der Waals surface area contributed by atoms with Crippen LogP contribution >= 0.6 is 11.6 Å². The van der Waals surface area contributed by atoms with E-state index >= 15 is 0 Å². The largest absolute Gasteiger partial charge is 0.268 e. The van der Waals surface area contributed by atoms with Crippen LogP contribution in [0.1, 0.15) is 21.5 Å². The Morgan fingerprint density at radius 3 is 2.36 bits per heavy atom. The van der Waals surface area contributed by atoms with Crippen LogP contribution in [-0.4, -0.2) is 29.0 Å². The molecular formula is C16H16ClNO5S2. The molecule has 0 saturated carbocycles. The molecule has 6 nitrogen and oxygen atoms in total. The van der Waals surface area contributed by atoms with E-state index < -0.39 is 25.8 Å². The van der Waals surface area contributed by atoms with Crippen molar-refractivity contribution in [2.45, 2.75) is 17.6 Å². The minimum absolute atomic E-state index is 0.0457. The van der Waals surface area contributed by atoms with E-state index in [-0.39, 0.29) is 21.2 Å². The number of hydrogen-bond donors (Lipinski definition) is 1. The Balaban J connectivity index is 2.30. The van der Waals surface area contributed by atoms with Crippen molar-refractivity contribution in [2.24, 2.45) is 0 Å². The summed E-state index contributed by atoms with van der Waals surface area (Å²) in [5, 5.41) is 0.269. The lowest BCUT2D eigenvalue weighted by molar-refractivity contribution is 0.0981. The molecule has 0 aromatic heterocycles. The van der Waals surface area contributed by atoms with Crippen LogP contribution in [-0.2, 0) is 25.6 Å². The van der Waals surface area contributed by atoms with Crippen LogP contribution in [0, 0.1) is 6.92 Å². The zero-order valence-corrected chi connectivity index (χ0v) is 15.9. The third-order valence-electron chi connectivity index (χ3n) is 3.35. The first-order chi connectivity index (χ1) is 11.5. The molecule has 25 heavy (non-hydrogen) atoms. The minimum Gasteiger partial charge on any atom is -0.268 e. The van der Waals surface area contributed by atoms with Gasteiger partial charge in [-0.1, -0.05) is 29.8 Å². The summed E-state index contributed by atoms with van der Waals surface area (Å²) in [6, 6.07) is 10.2. The van der Waals surface area contributed by atoms with Gasteiger partial charge < -0.3 is 0 Å². The summed E-state index contributed by atoms with van der Waals surface area (Å²) < 4.78 is 49.5. The number of sulfonamides is 1. The van der Waals surface area contributed by atoms with Gasteiger partial charge in [-0.15, -0.1) is 0 Å². The maximum atomic E-state index is 12.4. The first-order valence-corrected chi connectivity index (χ1v) is 11.0. The second-order valence-corrected chi connectivity index (χ2v) is 9.77. The number of carbonyl (C=O) groups is 1. The first-order valence-electron chi connectivity index (χ1n) is 7.08. The number of sulfone groups is 1. The smallest absolute Gasteiger partial charge is 0.265 e. The number of benzene rings is 2. The molecule has 2 aromatic rings. The maximum Gasteiger partial charge on any atom is 0.265 e. The van der Waals surface area contributed by atoms with Crippen LogP contribution in [0.2, 0.25) is 5.02 Å². The molecule has 0 saturated heterocycles. The molecule has 0 aliphatic rings. The van der Waals surface area contributed by atoms with Crippen molar-refractivity contribution in [2.75, 3.05) is 6.26 Å². The van der Waals surface area contributed by atoms with Gasteiger partial charge in [0, 0.05) is 16.8 Å². The fourth-order valence-corrected chi connectivity index (χ4v) is 4.48. The van der Waals surface area contributed by atoms with E-state index in [1.807, 2.05) is 4.72 Å². The van der Waals surface area contributed by atoms with E-state index in [1.165, 1.54) is 37.3 Å². The van der Waals surface area contributed by atoms with Crippen molar-refractivity contribution in [1.82, 2.24) is 4.72 Å². The molecule has 0 bridgehead atoms. The molecule has 2 rings (SSSR count). The third-order valence-corrected chi connectivity index (χ3v) is 6.10. The van der Waals surface area contributed by atoms with E-state index in [1.54, 1.807) is 12.1 Å². The Morgan fingerprint density at radius 2 is 1.72 bits per heavy atom. The van der Waals surface area contributed by atoms with Crippen LogP contribution < -0.4 is 4.72 Å². The monoisotopic (exact) mass is 401 g/mol. The SMILES string of the molecule is Cc1c(Cl)cccc1S(=O)(=O)NC(=O)c1cccc(CS(C)(=O)=O)c1. The molecule has 0 fully saturated rings. The molecule has 134 valence electrons. The van der Waals surface area contributed by atoms with Gasteiger partial charge in [0.05, 0.1) is 10.6 Å². The molecule has 0 aliphatic heterocycles. The molecule has 1 amide bonds. The molecule has 0 spiro atoms. The lowest BCUT2D eigenvalue weighted by atomic mass is 10.1. The topological polar surface area (TPSA) is 97.4 Å². The van der Waals surface area contributed by atoms with Crippen LogP contribution in [0.3, 0.4) is 0 Å². The highest BCUT2D eigenvalue weighted by molar-refractivity contribution is 7.90. The van der Waals surface area contributed by atoms with Gasteiger partial charge in [0.2, 0.25) is 0 Å². The summed E-state index contributed by atoms with van der Waals surface area (Å²) in [4.78, 5) is 12.2. The van der Waals surface area contributed by atoms with Crippen molar-refractivity contribution < 1.29 is 21.6 Å². The third kappa shape index (κ3) is 5.04. The summed E-state index contributed by atoms with van der Waals surface area (Å²) >= 11 is 5.92. The zero-order valence-electron chi connectivity index (χ0n) is 13.5. The van der Waals surface area contributed by atoms with E-state index in [4.69, 9.17) is 11.6 Å². The normalized spacial score (nSPS) is 12.0. The van der Waals surface area contributed by atoms with Gasteiger partial charge in [0.25, 0.3) is 15.9 Å². The molecule has 0 radical (unpaired) electrons. The molecule has 1 N–H and O–H groups in total. The Labute approximate surface area is 151 Å². The first kappa shape index (κ1) is 19.4. The molecule has 0 unspecified atom stereocenters. The van der Waals surface area contributed by atoms with E-state index in [2.05, 4.69) is 0 Å². The van der Waals surface area contributed by atoms with Crippen molar-refractivity contribution in [3.05, 3.63) is 64.2 Å². The summed E-state index contributed by atoms with van der Waals surface area (Å²) in [5.41, 5.74) is 0.770. The fraction of sp³-hybridized carbons (Fsp3) is 0.188. The van der Waals surface area contributed by atoms with Crippen molar-refractivity contribution in [3.63, 3.8) is 0 Å². The van der Waals surface area contributed by atoms with Crippen LogP contribution in [0.4, 0.5) is 0 Å². The predicted molar refractivity (Wildman–Crippen MR) is 95.8 cm³/mol. The average Bonchev–Trinajstić information content (AvgIpc) is 2.48. The van der Waals surface area contributed by atoms with Crippen molar-refractivity contribution >= 4 is 37.4 Å². The summed E-state index contributed by atoms with van der Waals surface area (Å²) in [6.07, 6.45) is 1.08. The Hall–Kier alpha value is -1.90. The van der Waals surface area contributed by atoms with Gasteiger partial charge in [-0.05, 0) is 42.3 Å². The number of nitrogens with one attached hydrogen (secondary N) is 1. The maximum absolute atomic E-state index is 12.4. The van der Waals surface area contributed by atoms with Gasteiger partial charge in [0.15, 0.2) is 9.84 Å². The zero-order chi connectivity index (χ0) is 18.8. The Bertz CT molecular complexity index is 1030. The summed E-state index contributed by atoms with van der Waals surface area (Å²) in [6.45, 7) is 1.54. The number of hydrogen-bond acceptors (Lipinski definition) is 5. The van der Waals surface area contributed by atoms with Gasteiger partial charge in [-0.2, -0.15) is 0 Å². The van der Waals surface area contributed by atoms with Crippen molar-refractivity contribution in [3.8, 4) is 0 Å². The lowest BCUT2D eigenvalue weighted by Gasteiger charge is -2.11. The van der Waals surface area contributed by atoms with Crippen LogP contribution in [0.25, 0.3) is 0 Å². The van der Waals surface area contributed by atoms with Gasteiger partial charge in [0.1, 0.15) is 0 Å². The highest BCUT2D eigenvalue weighted by Crippen LogP contribution is 2.22. The summed E-state index contributed by atoms with van der Waals surface area (Å²) in [5.74, 6) is -1.09. The highest BCUT2D eigenvalue weighted by Gasteiger charge is 2.22. The highest BCUT2D eigenvalue weighted by atomic mass is 35.5.